The molecular formula is C41H36N2O2. The van der Waals surface area contributed by atoms with Gasteiger partial charge in [0, 0.05) is 35.7 Å². The maximum Gasteiger partial charge on any atom is 0.338 e. The summed E-state index contributed by atoms with van der Waals surface area (Å²) in [6.45, 7) is 2.17. The van der Waals surface area contributed by atoms with E-state index in [0.717, 1.165) is 11.1 Å². The van der Waals surface area contributed by atoms with Crippen molar-refractivity contribution in [2.75, 3.05) is 11.5 Å². The van der Waals surface area contributed by atoms with Gasteiger partial charge in [-0.2, -0.15) is 0 Å². The summed E-state index contributed by atoms with van der Waals surface area (Å²) in [4.78, 5) is 19.6. The Bertz CT molecular complexity index is 1800. The summed E-state index contributed by atoms with van der Waals surface area (Å²) >= 11 is 0. The van der Waals surface area contributed by atoms with Gasteiger partial charge in [0.05, 0.1) is 12.2 Å². The first-order valence-corrected chi connectivity index (χ1v) is 15.8. The van der Waals surface area contributed by atoms with Crippen LogP contribution in [0.2, 0.25) is 0 Å². The Balaban J connectivity index is 1.22. The molecular weight excluding hydrogens is 552 g/mol. The maximum absolute atomic E-state index is 12.9. The van der Waals surface area contributed by atoms with Gasteiger partial charge in [-0.25, -0.2) is 4.79 Å². The Morgan fingerprint density at radius 3 is 2.11 bits per heavy atom. The Kier molecular flexibility index (Phi) is 8.11. The van der Waals surface area contributed by atoms with Crippen molar-refractivity contribution in [1.82, 2.24) is 4.98 Å². The fourth-order valence-corrected chi connectivity index (χ4v) is 6.93. The zero-order valence-electron chi connectivity index (χ0n) is 25.5. The number of rotatable bonds is 8. The van der Waals surface area contributed by atoms with Crippen LogP contribution in [0.3, 0.4) is 0 Å². The molecule has 7 rings (SSSR count). The number of benzene rings is 4. The van der Waals surface area contributed by atoms with Gasteiger partial charge in [0.1, 0.15) is 0 Å². The summed E-state index contributed by atoms with van der Waals surface area (Å²) in [5, 5.41) is 0. The number of esters is 1. The van der Waals surface area contributed by atoms with Gasteiger partial charge in [-0.05, 0) is 107 Å². The van der Waals surface area contributed by atoms with Crippen LogP contribution in [0.4, 0.5) is 11.4 Å². The molecule has 2 unspecified atom stereocenters. The number of carbonyl (C=O) groups excluding carboxylic acids is 1. The van der Waals surface area contributed by atoms with E-state index in [-0.39, 0.29) is 5.97 Å². The zero-order valence-corrected chi connectivity index (χ0v) is 25.5. The fourth-order valence-electron chi connectivity index (χ4n) is 6.93. The normalized spacial score (nSPS) is 17.0. The van der Waals surface area contributed by atoms with Crippen LogP contribution >= 0.6 is 0 Å². The van der Waals surface area contributed by atoms with Crippen LogP contribution in [-0.4, -0.2) is 23.6 Å². The lowest BCUT2D eigenvalue weighted by Gasteiger charge is -2.27. The maximum atomic E-state index is 12.9. The number of aromatic nitrogens is 1. The second-order valence-corrected chi connectivity index (χ2v) is 11.7. The first kappa shape index (κ1) is 28.5. The lowest BCUT2D eigenvalue weighted by Crippen LogP contribution is -2.26. The third kappa shape index (κ3) is 5.84. The molecule has 2 heterocycles. The third-order valence-electron chi connectivity index (χ3n) is 8.97. The monoisotopic (exact) mass is 588 g/mol. The van der Waals surface area contributed by atoms with Crippen molar-refractivity contribution in [2.45, 2.75) is 38.1 Å². The van der Waals surface area contributed by atoms with Crippen molar-refractivity contribution in [1.29, 1.82) is 0 Å². The molecule has 2 atom stereocenters. The fraction of sp³-hybridized carbons (Fsp3) is 0.171. The molecule has 222 valence electrons. The molecule has 1 aromatic heterocycles. The Labute approximate surface area is 265 Å². The van der Waals surface area contributed by atoms with Gasteiger partial charge in [0.25, 0.3) is 0 Å². The van der Waals surface area contributed by atoms with Gasteiger partial charge >= 0.3 is 5.97 Å². The van der Waals surface area contributed by atoms with Gasteiger partial charge in [-0.1, -0.05) is 85.3 Å². The van der Waals surface area contributed by atoms with Gasteiger partial charge in [-0.15, -0.1) is 0 Å². The van der Waals surface area contributed by atoms with E-state index in [9.17, 15) is 4.79 Å². The van der Waals surface area contributed by atoms with E-state index < -0.39 is 0 Å². The highest BCUT2D eigenvalue weighted by molar-refractivity contribution is 6.21. The topological polar surface area (TPSA) is 42.4 Å². The molecule has 1 aliphatic carbocycles. The summed E-state index contributed by atoms with van der Waals surface area (Å²) in [6, 6.07) is 41.0. The average molecular weight is 589 g/mol. The Morgan fingerprint density at radius 1 is 0.778 bits per heavy atom. The smallest absolute Gasteiger partial charge is 0.338 e. The molecule has 0 radical (unpaired) electrons. The number of hydrogen-bond acceptors (Lipinski definition) is 4. The van der Waals surface area contributed by atoms with Crippen LogP contribution in [0.1, 0.15) is 65.5 Å². The molecule has 0 spiro atoms. The van der Waals surface area contributed by atoms with E-state index in [1.165, 1.54) is 58.5 Å². The van der Waals surface area contributed by atoms with E-state index in [0.29, 0.717) is 24.1 Å². The molecule has 4 nitrogen and oxygen atoms in total. The quantitative estimate of drug-likeness (QED) is 0.103. The molecule has 0 N–H and O–H groups in total. The van der Waals surface area contributed by atoms with Crippen molar-refractivity contribution in [3.8, 4) is 0 Å². The summed E-state index contributed by atoms with van der Waals surface area (Å²) in [7, 11) is 0. The van der Waals surface area contributed by atoms with Crippen molar-refractivity contribution in [2.24, 2.45) is 0 Å². The minimum Gasteiger partial charge on any atom is -0.462 e. The van der Waals surface area contributed by atoms with Crippen molar-refractivity contribution >= 4 is 40.6 Å². The molecule has 45 heavy (non-hydrogen) atoms. The van der Waals surface area contributed by atoms with E-state index >= 15 is 0 Å². The van der Waals surface area contributed by atoms with Crippen LogP contribution in [0.15, 0.2) is 128 Å². The molecule has 5 aromatic rings. The summed E-state index contributed by atoms with van der Waals surface area (Å²) in [5.41, 5.74) is 11.0. The van der Waals surface area contributed by atoms with Crippen LogP contribution < -0.4 is 4.90 Å². The van der Waals surface area contributed by atoms with Crippen molar-refractivity contribution in [3.05, 3.63) is 161 Å². The average Bonchev–Trinajstić information content (AvgIpc) is 3.69. The molecule has 0 saturated heterocycles. The second kappa shape index (κ2) is 12.8. The largest absolute Gasteiger partial charge is 0.462 e. The molecule has 0 amide bonds. The molecule has 4 aromatic carbocycles. The van der Waals surface area contributed by atoms with Crippen LogP contribution in [0.5, 0.6) is 0 Å². The number of fused-ring (bicyclic) bond motifs is 3. The lowest BCUT2D eigenvalue weighted by molar-refractivity contribution is -0.136. The zero-order chi connectivity index (χ0) is 30.6. The number of hydrogen-bond donors (Lipinski definition) is 0. The van der Waals surface area contributed by atoms with E-state index in [1.54, 1.807) is 12.4 Å². The second-order valence-electron chi connectivity index (χ2n) is 11.7. The number of nitrogens with zero attached hydrogens (tertiary/aromatic N) is 2. The van der Waals surface area contributed by atoms with Crippen molar-refractivity contribution < 1.29 is 9.53 Å². The van der Waals surface area contributed by atoms with Crippen molar-refractivity contribution in [3.63, 3.8) is 0 Å². The molecule has 4 heteroatoms. The van der Waals surface area contributed by atoms with E-state index in [4.69, 9.17) is 4.74 Å². The highest BCUT2D eigenvalue weighted by atomic mass is 16.5. The molecule has 1 aliphatic heterocycles. The molecule has 0 bridgehead atoms. The van der Waals surface area contributed by atoms with E-state index in [2.05, 4.69) is 119 Å². The number of anilines is 2. The summed E-state index contributed by atoms with van der Waals surface area (Å²) < 4.78 is 5.41. The summed E-state index contributed by atoms with van der Waals surface area (Å²) in [6.07, 6.45) is 11.2. The minimum atomic E-state index is -0.318. The lowest BCUT2D eigenvalue weighted by atomic mass is 9.95. The standard InChI is InChI=1S/C41H36N2O2/c1-2-45-41(44)37(33-22-24-42-25-23-33)27-30-18-21-40-38(28-30)35-14-9-15-39(35)43(40)34-19-16-29(17-20-34)26-36(31-10-5-3-6-11-31)32-12-7-4-8-13-32/h3-8,10-13,16-28,35,39H,2,9,14-15H2,1H3. The highest BCUT2D eigenvalue weighted by Gasteiger charge is 2.42. The van der Waals surface area contributed by atoms with Gasteiger partial charge in [-0.3, -0.25) is 4.98 Å². The first-order chi connectivity index (χ1) is 22.2. The number of ether oxygens (including phenoxy) is 1. The van der Waals surface area contributed by atoms with Gasteiger partial charge < -0.3 is 9.64 Å². The van der Waals surface area contributed by atoms with Gasteiger partial charge in [0.15, 0.2) is 0 Å². The third-order valence-corrected chi connectivity index (χ3v) is 8.97. The SMILES string of the molecule is CCOC(=O)C(=Cc1ccc2c(c1)C1CCCC1N2c1ccc(C=C(c2ccccc2)c2ccccc2)cc1)c1ccncc1. The highest BCUT2D eigenvalue weighted by Crippen LogP contribution is 2.52. The number of carbonyl (C=O) groups is 1. The van der Waals surface area contributed by atoms with E-state index in [1.807, 2.05) is 25.1 Å². The summed E-state index contributed by atoms with van der Waals surface area (Å²) in [5.74, 6) is 0.157. The number of pyridine rings is 1. The molecule has 1 saturated carbocycles. The Morgan fingerprint density at radius 2 is 1.44 bits per heavy atom. The predicted molar refractivity (Wildman–Crippen MR) is 184 cm³/mol. The van der Waals surface area contributed by atoms with Crippen LogP contribution in [-0.2, 0) is 9.53 Å². The molecule has 1 fully saturated rings. The van der Waals surface area contributed by atoms with Crippen LogP contribution in [0.25, 0.3) is 23.3 Å². The predicted octanol–water partition coefficient (Wildman–Crippen LogP) is 9.56. The molecule has 2 aliphatic rings. The van der Waals surface area contributed by atoms with Crippen LogP contribution in [0, 0.1) is 0 Å². The minimum absolute atomic E-state index is 0.318. The first-order valence-electron chi connectivity index (χ1n) is 15.8. The van der Waals surface area contributed by atoms with Gasteiger partial charge in [0.2, 0.25) is 0 Å². The Hall–Kier alpha value is -5.22.